The van der Waals surface area contributed by atoms with Crippen LogP contribution in [0.4, 0.5) is 5.00 Å². The van der Waals surface area contributed by atoms with E-state index in [0.717, 1.165) is 11.3 Å². The van der Waals surface area contributed by atoms with Crippen molar-refractivity contribution in [1.82, 2.24) is 14.6 Å². The van der Waals surface area contributed by atoms with Crippen LogP contribution in [-0.4, -0.2) is 31.6 Å². The Bertz CT molecular complexity index is 808. The summed E-state index contributed by atoms with van der Waals surface area (Å²) in [5.41, 5.74) is 0.958. The molecule has 20 heavy (non-hydrogen) atoms. The number of rotatable bonds is 3. The molecule has 3 aromatic rings. The molecule has 0 saturated carbocycles. The van der Waals surface area contributed by atoms with Crippen LogP contribution in [0.2, 0.25) is 0 Å². The van der Waals surface area contributed by atoms with E-state index in [1.165, 1.54) is 23.0 Å². The Hall–Kier alpha value is -2.74. The number of anilines is 1. The smallest absolute Gasteiger partial charge is 0.338 e. The predicted octanol–water partition coefficient (Wildman–Crippen LogP) is 1.74. The summed E-state index contributed by atoms with van der Waals surface area (Å²) in [5, 5.41) is 17.5. The van der Waals surface area contributed by atoms with Crippen molar-refractivity contribution < 1.29 is 14.7 Å². The highest BCUT2D eigenvalue weighted by atomic mass is 32.1. The molecule has 0 spiro atoms. The van der Waals surface area contributed by atoms with Crippen LogP contribution in [0.5, 0.6) is 0 Å². The lowest BCUT2D eigenvalue weighted by Gasteiger charge is -2.02. The van der Waals surface area contributed by atoms with Gasteiger partial charge in [0.2, 0.25) is 0 Å². The minimum absolute atomic E-state index is 0.0675. The van der Waals surface area contributed by atoms with Crippen molar-refractivity contribution in [3.05, 3.63) is 47.4 Å². The first kappa shape index (κ1) is 12.3. The van der Waals surface area contributed by atoms with Crippen LogP contribution in [0.15, 0.2) is 36.2 Å². The Labute approximate surface area is 116 Å². The molecule has 0 bridgehead atoms. The molecule has 0 radical (unpaired) electrons. The van der Waals surface area contributed by atoms with E-state index in [0.29, 0.717) is 16.1 Å². The first-order valence-corrected chi connectivity index (χ1v) is 6.44. The van der Waals surface area contributed by atoms with Crippen LogP contribution < -0.4 is 5.32 Å². The molecule has 3 heterocycles. The van der Waals surface area contributed by atoms with Gasteiger partial charge in [0.05, 0.1) is 29.0 Å². The number of hydrogen-bond donors (Lipinski definition) is 2. The third-order valence-electron chi connectivity index (χ3n) is 2.69. The zero-order chi connectivity index (χ0) is 14.1. The normalized spacial score (nSPS) is 10.6. The second kappa shape index (κ2) is 4.74. The number of aromatic nitrogens is 3. The molecule has 0 atom stereocenters. The van der Waals surface area contributed by atoms with E-state index in [1.54, 1.807) is 17.8 Å². The second-order valence-corrected chi connectivity index (χ2v) is 4.80. The fraction of sp³-hybridized carbons (Fsp3) is 0. The van der Waals surface area contributed by atoms with Gasteiger partial charge in [-0.15, -0.1) is 11.3 Å². The molecule has 0 aliphatic rings. The van der Waals surface area contributed by atoms with Crippen LogP contribution in [0.1, 0.15) is 20.7 Å². The Kier molecular flexibility index (Phi) is 2.92. The lowest BCUT2D eigenvalue weighted by Crippen LogP contribution is -2.13. The summed E-state index contributed by atoms with van der Waals surface area (Å²) >= 11 is 1.15. The monoisotopic (exact) mass is 288 g/mol. The summed E-state index contributed by atoms with van der Waals surface area (Å²) in [6, 6.07) is 1.44. The van der Waals surface area contributed by atoms with E-state index in [4.69, 9.17) is 5.11 Å². The largest absolute Gasteiger partial charge is 0.478 e. The molecule has 2 N–H and O–H groups in total. The van der Waals surface area contributed by atoms with Crippen LogP contribution in [-0.2, 0) is 0 Å². The molecular weight excluding hydrogens is 280 g/mol. The molecule has 0 aromatic carbocycles. The molecule has 0 saturated heterocycles. The number of carboxylic acids is 1. The first-order valence-electron chi connectivity index (χ1n) is 5.56. The summed E-state index contributed by atoms with van der Waals surface area (Å²) < 4.78 is 1.52. The van der Waals surface area contributed by atoms with Crippen molar-refractivity contribution in [3.8, 4) is 0 Å². The van der Waals surface area contributed by atoms with Gasteiger partial charge >= 0.3 is 5.97 Å². The molecule has 3 aromatic heterocycles. The van der Waals surface area contributed by atoms with Gasteiger partial charge in [-0.2, -0.15) is 5.10 Å². The van der Waals surface area contributed by atoms with Gasteiger partial charge in [-0.25, -0.2) is 9.31 Å². The standard InChI is InChI=1S/C12H8N4O3S/c17-10(15-11-7(12(18)19)1-4-20-11)8-5-14-16-3-2-13-6-9(8)16/h1-6H,(H,15,17)(H,18,19). The van der Waals surface area contributed by atoms with E-state index < -0.39 is 11.9 Å². The van der Waals surface area contributed by atoms with Gasteiger partial charge in [0.25, 0.3) is 5.91 Å². The zero-order valence-electron chi connectivity index (χ0n) is 9.98. The molecular formula is C12H8N4O3S. The van der Waals surface area contributed by atoms with Crippen molar-refractivity contribution in [2.24, 2.45) is 0 Å². The van der Waals surface area contributed by atoms with E-state index in [-0.39, 0.29) is 5.56 Å². The fourth-order valence-electron chi connectivity index (χ4n) is 1.75. The van der Waals surface area contributed by atoms with Crippen LogP contribution >= 0.6 is 11.3 Å². The third-order valence-corrected chi connectivity index (χ3v) is 3.52. The molecule has 0 unspecified atom stereocenters. The number of nitrogens with one attached hydrogen (secondary N) is 1. The Morgan fingerprint density at radius 3 is 2.95 bits per heavy atom. The SMILES string of the molecule is O=C(O)c1ccsc1NC(=O)c1cnn2ccncc12. The van der Waals surface area contributed by atoms with Gasteiger partial charge in [-0.1, -0.05) is 0 Å². The maximum absolute atomic E-state index is 12.2. The lowest BCUT2D eigenvalue weighted by atomic mass is 10.2. The van der Waals surface area contributed by atoms with Crippen molar-refractivity contribution in [1.29, 1.82) is 0 Å². The van der Waals surface area contributed by atoms with Gasteiger partial charge in [-0.3, -0.25) is 9.78 Å². The molecule has 100 valence electrons. The second-order valence-electron chi connectivity index (χ2n) is 3.89. The highest BCUT2D eigenvalue weighted by Gasteiger charge is 2.17. The quantitative estimate of drug-likeness (QED) is 0.765. The molecule has 3 rings (SSSR count). The number of nitrogens with zero attached hydrogens (tertiary/aromatic N) is 3. The Balaban J connectivity index is 1.93. The minimum Gasteiger partial charge on any atom is -0.478 e. The Morgan fingerprint density at radius 2 is 2.15 bits per heavy atom. The predicted molar refractivity (Wildman–Crippen MR) is 72.2 cm³/mol. The molecule has 8 heteroatoms. The zero-order valence-corrected chi connectivity index (χ0v) is 10.8. The van der Waals surface area contributed by atoms with Crippen LogP contribution in [0, 0.1) is 0 Å². The van der Waals surface area contributed by atoms with Crippen molar-refractivity contribution in [3.63, 3.8) is 0 Å². The van der Waals surface area contributed by atoms with Gasteiger partial charge in [0, 0.05) is 12.4 Å². The maximum atomic E-state index is 12.2. The van der Waals surface area contributed by atoms with Gasteiger partial charge in [0.15, 0.2) is 0 Å². The maximum Gasteiger partial charge on any atom is 0.338 e. The topological polar surface area (TPSA) is 96.6 Å². The minimum atomic E-state index is -1.08. The highest BCUT2D eigenvalue weighted by Crippen LogP contribution is 2.24. The number of amides is 1. The third kappa shape index (κ3) is 2.01. The number of carbonyl (C=O) groups is 2. The number of carboxylic acid groups (broad SMARTS) is 1. The molecule has 0 fully saturated rings. The molecule has 1 amide bonds. The van der Waals surface area contributed by atoms with Gasteiger partial charge in [-0.05, 0) is 11.4 Å². The van der Waals surface area contributed by atoms with E-state index in [9.17, 15) is 9.59 Å². The number of aromatic carboxylic acids is 1. The number of hydrogen-bond acceptors (Lipinski definition) is 5. The van der Waals surface area contributed by atoms with Gasteiger partial charge < -0.3 is 10.4 Å². The fourth-order valence-corrected chi connectivity index (χ4v) is 2.53. The molecule has 0 aliphatic carbocycles. The number of thiophene rings is 1. The number of fused-ring (bicyclic) bond motifs is 1. The summed E-state index contributed by atoms with van der Waals surface area (Å²) in [6.45, 7) is 0. The van der Waals surface area contributed by atoms with E-state index in [2.05, 4.69) is 15.4 Å². The molecule has 7 nitrogen and oxygen atoms in total. The van der Waals surface area contributed by atoms with Crippen molar-refractivity contribution in [2.75, 3.05) is 5.32 Å². The summed E-state index contributed by atoms with van der Waals surface area (Å²) in [6.07, 6.45) is 6.12. The van der Waals surface area contributed by atoms with E-state index in [1.807, 2.05) is 0 Å². The van der Waals surface area contributed by atoms with Crippen LogP contribution in [0.25, 0.3) is 5.52 Å². The van der Waals surface area contributed by atoms with Crippen LogP contribution in [0.3, 0.4) is 0 Å². The summed E-state index contributed by atoms with van der Waals surface area (Å²) in [4.78, 5) is 27.1. The molecule has 0 aliphatic heterocycles. The van der Waals surface area contributed by atoms with E-state index >= 15 is 0 Å². The summed E-state index contributed by atoms with van der Waals surface area (Å²) in [5.74, 6) is -1.50. The summed E-state index contributed by atoms with van der Waals surface area (Å²) in [7, 11) is 0. The average molecular weight is 288 g/mol. The van der Waals surface area contributed by atoms with Crippen molar-refractivity contribution >= 4 is 33.7 Å². The average Bonchev–Trinajstić information content (AvgIpc) is 3.04. The highest BCUT2D eigenvalue weighted by molar-refractivity contribution is 7.14. The first-order chi connectivity index (χ1) is 9.66. The Morgan fingerprint density at radius 1 is 1.30 bits per heavy atom. The lowest BCUT2D eigenvalue weighted by molar-refractivity contribution is 0.0698. The number of carbonyl (C=O) groups excluding carboxylic acids is 1. The van der Waals surface area contributed by atoms with Crippen molar-refractivity contribution in [2.45, 2.75) is 0 Å². The van der Waals surface area contributed by atoms with Gasteiger partial charge in [0.1, 0.15) is 5.00 Å².